The van der Waals surface area contributed by atoms with Crippen molar-refractivity contribution in [2.24, 2.45) is 21.5 Å². The Hall–Kier alpha value is -0.385. The van der Waals surface area contributed by atoms with Gasteiger partial charge in [-0.2, -0.15) is 22.7 Å². The molecule has 6 rings (SSSR count). The van der Waals surface area contributed by atoms with Crippen molar-refractivity contribution < 1.29 is 29.2 Å². The van der Waals surface area contributed by atoms with Gasteiger partial charge in [0.05, 0.1) is 33.0 Å². The predicted octanol–water partition coefficient (Wildman–Crippen LogP) is 7.26. The molecule has 0 aromatic carbocycles. The summed E-state index contributed by atoms with van der Waals surface area (Å²) in [5.41, 5.74) is 24.3. The van der Waals surface area contributed by atoms with E-state index in [-0.39, 0.29) is 31.7 Å². The van der Waals surface area contributed by atoms with E-state index in [1.807, 2.05) is 36.7 Å². The van der Waals surface area contributed by atoms with Crippen LogP contribution in [0.15, 0.2) is 56.3 Å². The van der Waals surface area contributed by atoms with E-state index < -0.39 is 0 Å². The first-order valence-electron chi connectivity index (χ1n) is 16.6. The van der Waals surface area contributed by atoms with E-state index >= 15 is 0 Å². The molecule has 18 heteroatoms. The quantitative estimate of drug-likeness (QED) is 0.0516. The fourth-order valence-corrected chi connectivity index (χ4v) is 9.19. The van der Waals surface area contributed by atoms with Crippen molar-refractivity contribution in [3.05, 3.63) is 85.4 Å². The van der Waals surface area contributed by atoms with E-state index in [0.29, 0.717) is 32.8 Å². The van der Waals surface area contributed by atoms with Crippen LogP contribution in [0, 0.1) is 0 Å². The Morgan fingerprint density at radius 3 is 2.02 bits per heavy atom. The maximum atomic E-state index is 8.55. The molecule has 291 valence electrons. The van der Waals surface area contributed by atoms with Crippen LogP contribution in [0.1, 0.15) is 59.4 Å². The minimum absolute atomic E-state index is 0.122. The van der Waals surface area contributed by atoms with Crippen LogP contribution in [0.3, 0.4) is 0 Å². The zero-order valence-electron chi connectivity index (χ0n) is 29.7. The van der Waals surface area contributed by atoms with Crippen LogP contribution < -0.4 is 17.2 Å². The molecular weight excluding hydrogens is 891 g/mol. The van der Waals surface area contributed by atoms with Gasteiger partial charge in [0.15, 0.2) is 6.29 Å². The summed E-state index contributed by atoms with van der Waals surface area (Å²) >= 11 is 16.9. The van der Waals surface area contributed by atoms with E-state index in [2.05, 4.69) is 78.1 Å². The molecule has 1 radical (unpaired) electrons. The van der Waals surface area contributed by atoms with Crippen LogP contribution in [-0.2, 0) is 44.6 Å². The van der Waals surface area contributed by atoms with Crippen molar-refractivity contribution in [1.29, 1.82) is 0 Å². The summed E-state index contributed by atoms with van der Waals surface area (Å²) in [5, 5.41) is 29.5. The average Bonchev–Trinajstić information content (AvgIpc) is 4.00. The van der Waals surface area contributed by atoms with Gasteiger partial charge in [-0.3, -0.25) is 0 Å². The van der Waals surface area contributed by atoms with Crippen molar-refractivity contribution in [2.75, 3.05) is 59.3 Å². The molecule has 52 heavy (non-hydrogen) atoms. The summed E-state index contributed by atoms with van der Waals surface area (Å²) in [6.45, 7) is 8.87. The minimum atomic E-state index is -0.208. The molecule has 4 aromatic rings. The normalized spacial score (nSPS) is 15.3. The van der Waals surface area contributed by atoms with Crippen LogP contribution >= 0.6 is 90.0 Å². The number of nitrogens with zero attached hydrogens (tertiary/aromatic N) is 1. The molecule has 6 heterocycles. The molecule has 0 bridgehead atoms. The molecule has 2 aliphatic heterocycles. The molecule has 0 fully saturated rings. The molecular formula is C34H52BBr2N4O6S5. The van der Waals surface area contributed by atoms with Crippen LogP contribution in [-0.4, -0.2) is 83.4 Å². The summed E-state index contributed by atoms with van der Waals surface area (Å²) in [5.74, 6) is 0. The zero-order chi connectivity index (χ0) is 38.6. The number of fused-ring (bicyclic) bond motifs is 2. The molecule has 0 aliphatic carbocycles. The molecule has 0 amide bonds. The fraction of sp³-hybridized carbons (Fsp3) is 0.529. The summed E-state index contributed by atoms with van der Waals surface area (Å²) in [4.78, 5) is 0. The second-order valence-electron chi connectivity index (χ2n) is 10.5. The fourth-order valence-electron chi connectivity index (χ4n) is 4.63. The molecule has 0 saturated carbocycles. The maximum absolute atomic E-state index is 8.55. The van der Waals surface area contributed by atoms with Gasteiger partial charge in [-0.25, -0.2) is 0 Å². The topological polar surface area (TPSA) is 168 Å². The summed E-state index contributed by atoms with van der Waals surface area (Å²) < 4.78 is 26.3. The Kier molecular flexibility index (Phi) is 30.3. The van der Waals surface area contributed by atoms with Crippen LogP contribution in [0.25, 0.3) is 0 Å². The predicted molar refractivity (Wildman–Crippen MR) is 230 cm³/mol. The number of thiophene rings is 4. The number of nitrogens with two attached hydrogens (primary N) is 3. The van der Waals surface area contributed by atoms with Gasteiger partial charge in [0.2, 0.25) is 0 Å². The standard InChI is InChI=1S/C8H10BrNOS.C8H11NOS.C6H7BrOS.C6H15NO2.C6H8OS.BHNS/c9-8-5-1-2-11-7(3-10)6(5)4-12-8;9-3-8-7-5-11-4-6(7)1-2-10-8;7-6-5(1-3-8)2-4-9-6;1-3-8-6(5-7)9-4-2;7-3-1-6-2-4-8-5-6;1-2-3/h4,7H,1-3,10H2;4-5,8H,1-3,9H2;2,4,8H,1,3H2;6H,3-5,7H2,1-2H3;2,4-5,7H,1,3H2;3H. The third-order valence-electron chi connectivity index (χ3n) is 7.09. The van der Waals surface area contributed by atoms with Crippen LogP contribution in [0.2, 0.25) is 0 Å². The number of aliphatic hydroxyl groups is 2. The van der Waals surface area contributed by atoms with Gasteiger partial charge in [-0.15, -0.1) is 22.7 Å². The average molecular weight is 944 g/mol. The van der Waals surface area contributed by atoms with E-state index in [4.69, 9.17) is 46.4 Å². The SMILES string of the molecule is CCOC(CN)OCC.NCC1OCCc2c1csc2Br.NCC1OCCc2cscc21.OCCc1ccsc1.OCCc1ccsc1Br.[B]=NS. The van der Waals surface area contributed by atoms with Gasteiger partial charge in [0.1, 0.15) is 0 Å². The van der Waals surface area contributed by atoms with Gasteiger partial charge < -0.3 is 46.4 Å². The molecule has 2 unspecified atom stereocenters. The van der Waals surface area contributed by atoms with Crippen molar-refractivity contribution in [3.8, 4) is 0 Å². The summed E-state index contributed by atoms with van der Waals surface area (Å²) in [6, 6.07) is 4.05. The van der Waals surface area contributed by atoms with Crippen molar-refractivity contribution in [3.63, 3.8) is 0 Å². The number of rotatable bonds is 11. The van der Waals surface area contributed by atoms with Crippen molar-refractivity contribution in [1.82, 2.24) is 0 Å². The van der Waals surface area contributed by atoms with E-state index in [9.17, 15) is 0 Å². The van der Waals surface area contributed by atoms with Gasteiger partial charge in [0.25, 0.3) is 0 Å². The van der Waals surface area contributed by atoms with Gasteiger partial charge >= 0.3 is 24.8 Å². The number of thiol groups is 1. The zero-order valence-corrected chi connectivity index (χ0v) is 37.0. The molecule has 2 aliphatic rings. The van der Waals surface area contributed by atoms with Crippen LogP contribution in [0.4, 0.5) is 0 Å². The Bertz CT molecular complexity index is 1430. The molecule has 0 spiro atoms. The first-order valence-corrected chi connectivity index (χ1v) is 22.3. The number of hydrogen-bond acceptors (Lipinski definition) is 15. The summed E-state index contributed by atoms with van der Waals surface area (Å²) in [6.07, 6.45) is 3.68. The first-order chi connectivity index (χ1) is 25.3. The van der Waals surface area contributed by atoms with Crippen molar-refractivity contribution >= 4 is 97.7 Å². The van der Waals surface area contributed by atoms with Gasteiger partial charge in [-0.1, -0.05) is 0 Å². The molecule has 4 aromatic heterocycles. The monoisotopic (exact) mass is 941 g/mol. The van der Waals surface area contributed by atoms with Crippen LogP contribution in [0.5, 0.6) is 0 Å². The first kappa shape index (κ1) is 49.6. The molecule has 2 atom stereocenters. The van der Waals surface area contributed by atoms with E-state index in [0.717, 1.165) is 42.7 Å². The Morgan fingerprint density at radius 2 is 1.50 bits per heavy atom. The number of halogens is 2. The van der Waals surface area contributed by atoms with Crippen molar-refractivity contribution in [2.45, 2.75) is 58.0 Å². The Labute approximate surface area is 348 Å². The second kappa shape index (κ2) is 31.8. The molecule has 8 N–H and O–H groups in total. The number of aliphatic hydroxyl groups excluding tert-OH is 2. The summed E-state index contributed by atoms with van der Waals surface area (Å²) in [7, 11) is 4.34. The Morgan fingerprint density at radius 1 is 0.865 bits per heavy atom. The molecule has 10 nitrogen and oxygen atoms in total. The van der Waals surface area contributed by atoms with E-state index in [1.165, 1.54) is 37.2 Å². The number of ether oxygens (including phenoxy) is 4. The third-order valence-corrected chi connectivity index (χ3v) is 12.3. The Balaban J connectivity index is 0.000000321. The van der Waals surface area contributed by atoms with Gasteiger partial charge in [-0.05, 0) is 149 Å². The van der Waals surface area contributed by atoms with Gasteiger partial charge in [0, 0.05) is 46.1 Å². The number of hydrogen-bond donors (Lipinski definition) is 6. The van der Waals surface area contributed by atoms with E-state index in [1.54, 1.807) is 45.3 Å². The second-order valence-corrected chi connectivity index (χ2v) is 16.7. The third kappa shape index (κ3) is 19.5. The molecule has 0 saturated heterocycles.